The molecule has 0 saturated heterocycles. The molecule has 2 heterocycles. The number of amides is 2. The SMILES string of the molecule is Cc1cc(N(N)C(=O)c2n[nH]c3c2CN(C(=O)OC(C)(C)C)CC3)ccc1Cl. The van der Waals surface area contributed by atoms with Gasteiger partial charge in [0.15, 0.2) is 5.69 Å². The van der Waals surface area contributed by atoms with E-state index in [0.29, 0.717) is 29.2 Å². The van der Waals surface area contributed by atoms with E-state index in [1.807, 2.05) is 27.7 Å². The van der Waals surface area contributed by atoms with Crippen LogP contribution in [-0.4, -0.2) is 39.2 Å². The fourth-order valence-electron chi connectivity index (χ4n) is 2.96. The number of H-pyrrole nitrogens is 1. The van der Waals surface area contributed by atoms with E-state index in [1.165, 1.54) is 0 Å². The topological polar surface area (TPSA) is 105 Å². The smallest absolute Gasteiger partial charge is 0.410 e. The number of nitrogens with zero attached hydrogens (tertiary/aromatic N) is 3. The van der Waals surface area contributed by atoms with Crippen molar-refractivity contribution in [3.05, 3.63) is 45.7 Å². The second-order valence-electron chi connectivity index (χ2n) is 7.79. The van der Waals surface area contributed by atoms with E-state index in [1.54, 1.807) is 23.1 Å². The van der Waals surface area contributed by atoms with Gasteiger partial charge in [-0.2, -0.15) is 5.10 Å². The molecule has 0 fully saturated rings. The molecule has 0 radical (unpaired) electrons. The first-order valence-corrected chi connectivity index (χ1v) is 9.34. The monoisotopic (exact) mass is 405 g/mol. The molecule has 1 aliphatic heterocycles. The number of hydrazine groups is 1. The molecule has 8 nitrogen and oxygen atoms in total. The van der Waals surface area contributed by atoms with Crippen LogP contribution in [0.2, 0.25) is 5.02 Å². The number of hydrogen-bond acceptors (Lipinski definition) is 5. The van der Waals surface area contributed by atoms with Crippen LogP contribution >= 0.6 is 11.6 Å². The van der Waals surface area contributed by atoms with Gasteiger partial charge >= 0.3 is 6.09 Å². The van der Waals surface area contributed by atoms with Gasteiger partial charge in [-0.05, 0) is 51.5 Å². The first kappa shape index (κ1) is 20.2. The predicted molar refractivity (Wildman–Crippen MR) is 106 cm³/mol. The summed E-state index contributed by atoms with van der Waals surface area (Å²) >= 11 is 6.04. The number of fused-ring (bicyclic) bond motifs is 1. The Morgan fingerprint density at radius 1 is 1.36 bits per heavy atom. The maximum absolute atomic E-state index is 12.9. The molecule has 150 valence electrons. The van der Waals surface area contributed by atoms with Crippen LogP contribution in [0.25, 0.3) is 0 Å². The molecule has 0 unspecified atom stereocenters. The summed E-state index contributed by atoms with van der Waals surface area (Å²) in [7, 11) is 0. The van der Waals surface area contributed by atoms with Crippen molar-refractivity contribution in [1.29, 1.82) is 0 Å². The Balaban J connectivity index is 1.82. The standard InChI is InChI=1S/C19H24ClN5O3/c1-11-9-12(5-6-14(11)20)25(21)17(26)16-13-10-24(8-7-15(13)22-23-16)18(27)28-19(2,3)4/h5-6,9H,7-8,10,21H2,1-4H3,(H,22,23). The molecule has 9 heteroatoms. The fourth-order valence-corrected chi connectivity index (χ4v) is 3.08. The highest BCUT2D eigenvalue weighted by Gasteiger charge is 2.31. The highest BCUT2D eigenvalue weighted by atomic mass is 35.5. The number of anilines is 1. The van der Waals surface area contributed by atoms with E-state index in [0.717, 1.165) is 16.3 Å². The third-order valence-corrected chi connectivity index (χ3v) is 4.85. The summed E-state index contributed by atoms with van der Waals surface area (Å²) in [4.78, 5) is 26.9. The van der Waals surface area contributed by atoms with Crippen LogP contribution in [-0.2, 0) is 17.7 Å². The molecule has 0 saturated carbocycles. The van der Waals surface area contributed by atoms with Crippen LogP contribution < -0.4 is 10.9 Å². The quantitative estimate of drug-likeness (QED) is 0.453. The van der Waals surface area contributed by atoms with Crippen LogP contribution in [0.5, 0.6) is 0 Å². The Morgan fingerprint density at radius 3 is 2.71 bits per heavy atom. The molecule has 1 aromatic heterocycles. The third-order valence-electron chi connectivity index (χ3n) is 4.43. The largest absolute Gasteiger partial charge is 0.444 e. The number of nitrogens with one attached hydrogen (secondary N) is 1. The lowest BCUT2D eigenvalue weighted by molar-refractivity contribution is 0.0222. The number of aromatic amines is 1. The minimum atomic E-state index is -0.590. The second kappa shape index (κ2) is 7.44. The van der Waals surface area contributed by atoms with E-state index in [9.17, 15) is 9.59 Å². The summed E-state index contributed by atoms with van der Waals surface area (Å²) in [6.07, 6.45) is 0.134. The van der Waals surface area contributed by atoms with Gasteiger partial charge in [-0.15, -0.1) is 0 Å². The minimum absolute atomic E-state index is 0.193. The number of carbonyl (C=O) groups is 2. The van der Waals surface area contributed by atoms with Gasteiger partial charge in [0.05, 0.1) is 12.2 Å². The first-order chi connectivity index (χ1) is 13.1. The summed E-state index contributed by atoms with van der Waals surface area (Å²) in [5.41, 5.74) is 2.39. The number of carbonyl (C=O) groups excluding carboxylic acids is 2. The van der Waals surface area contributed by atoms with E-state index < -0.39 is 17.6 Å². The number of aryl methyl sites for hydroxylation is 1. The Hall–Kier alpha value is -2.58. The predicted octanol–water partition coefficient (Wildman–Crippen LogP) is 3.19. The lowest BCUT2D eigenvalue weighted by Gasteiger charge is -2.30. The van der Waals surface area contributed by atoms with Crippen molar-refractivity contribution < 1.29 is 14.3 Å². The van der Waals surface area contributed by atoms with Crippen LogP contribution in [0.3, 0.4) is 0 Å². The average Bonchev–Trinajstić information content (AvgIpc) is 3.04. The highest BCUT2D eigenvalue weighted by molar-refractivity contribution is 6.31. The van der Waals surface area contributed by atoms with Crippen LogP contribution in [0.1, 0.15) is 48.1 Å². The van der Waals surface area contributed by atoms with Crippen LogP contribution in [0, 0.1) is 6.92 Å². The van der Waals surface area contributed by atoms with Gasteiger partial charge in [0, 0.05) is 29.2 Å². The molecule has 28 heavy (non-hydrogen) atoms. The minimum Gasteiger partial charge on any atom is -0.444 e. The van der Waals surface area contributed by atoms with Crippen molar-refractivity contribution in [2.75, 3.05) is 11.6 Å². The number of nitrogens with two attached hydrogens (primary N) is 1. The molecule has 2 amide bonds. The van der Waals surface area contributed by atoms with E-state index in [2.05, 4.69) is 10.2 Å². The van der Waals surface area contributed by atoms with E-state index in [-0.39, 0.29) is 12.2 Å². The van der Waals surface area contributed by atoms with E-state index >= 15 is 0 Å². The van der Waals surface area contributed by atoms with Crippen molar-refractivity contribution in [1.82, 2.24) is 15.1 Å². The Bertz CT molecular complexity index is 919. The van der Waals surface area contributed by atoms with Gasteiger partial charge < -0.3 is 9.64 Å². The highest BCUT2D eigenvalue weighted by Crippen LogP contribution is 2.26. The van der Waals surface area contributed by atoms with Crippen LogP contribution in [0.15, 0.2) is 18.2 Å². The Kier molecular flexibility index (Phi) is 5.36. The molecule has 3 N–H and O–H groups in total. The van der Waals surface area contributed by atoms with Crippen molar-refractivity contribution in [3.63, 3.8) is 0 Å². The van der Waals surface area contributed by atoms with Gasteiger partial charge in [0.2, 0.25) is 0 Å². The van der Waals surface area contributed by atoms with Gasteiger partial charge in [-0.25, -0.2) is 15.6 Å². The third kappa shape index (κ3) is 4.13. The zero-order valence-electron chi connectivity index (χ0n) is 16.4. The molecule has 1 aromatic carbocycles. The van der Waals surface area contributed by atoms with Crippen molar-refractivity contribution >= 4 is 29.3 Å². The number of benzene rings is 1. The van der Waals surface area contributed by atoms with Gasteiger partial charge in [0.1, 0.15) is 5.60 Å². The molecule has 0 bridgehead atoms. The normalized spacial score (nSPS) is 13.9. The molecule has 3 rings (SSSR count). The molecule has 1 aliphatic rings. The van der Waals surface area contributed by atoms with Crippen molar-refractivity contribution in [2.24, 2.45) is 5.84 Å². The van der Waals surface area contributed by atoms with Gasteiger partial charge in [-0.1, -0.05) is 11.6 Å². The van der Waals surface area contributed by atoms with Crippen molar-refractivity contribution in [3.8, 4) is 0 Å². The molecule has 0 aliphatic carbocycles. The number of rotatable bonds is 2. The van der Waals surface area contributed by atoms with Gasteiger partial charge in [0.25, 0.3) is 5.91 Å². The van der Waals surface area contributed by atoms with Gasteiger partial charge in [-0.3, -0.25) is 9.89 Å². The maximum atomic E-state index is 12.9. The molecular weight excluding hydrogens is 382 g/mol. The van der Waals surface area contributed by atoms with Crippen molar-refractivity contribution in [2.45, 2.75) is 46.3 Å². The molecular formula is C19H24ClN5O3. The summed E-state index contributed by atoms with van der Waals surface area (Å²) in [5, 5.41) is 8.67. The maximum Gasteiger partial charge on any atom is 0.410 e. The zero-order chi connectivity index (χ0) is 20.6. The zero-order valence-corrected chi connectivity index (χ0v) is 17.1. The molecule has 0 atom stereocenters. The lowest BCUT2D eigenvalue weighted by atomic mass is 10.1. The lowest BCUT2D eigenvalue weighted by Crippen LogP contribution is -2.41. The molecule has 0 spiro atoms. The Morgan fingerprint density at radius 2 is 2.07 bits per heavy atom. The molecule has 2 aromatic rings. The number of aromatic nitrogens is 2. The fraction of sp³-hybridized carbons (Fsp3) is 0.421. The second-order valence-corrected chi connectivity index (χ2v) is 8.20. The summed E-state index contributed by atoms with van der Waals surface area (Å²) < 4.78 is 5.43. The van der Waals surface area contributed by atoms with Crippen LogP contribution in [0.4, 0.5) is 10.5 Å². The summed E-state index contributed by atoms with van der Waals surface area (Å²) in [6.45, 7) is 7.99. The first-order valence-electron chi connectivity index (χ1n) is 8.96. The average molecular weight is 406 g/mol. The number of ether oxygens (including phenoxy) is 1. The number of halogens is 1. The van der Waals surface area contributed by atoms with E-state index in [4.69, 9.17) is 22.2 Å². The summed E-state index contributed by atoms with van der Waals surface area (Å²) in [6, 6.07) is 5.08. The Labute approximate surface area is 168 Å². The number of hydrogen-bond donors (Lipinski definition) is 2. The summed E-state index contributed by atoms with van der Waals surface area (Å²) in [5.74, 6) is 5.57.